The van der Waals surface area contributed by atoms with Crippen LogP contribution in [0.15, 0.2) is 0 Å². The summed E-state index contributed by atoms with van der Waals surface area (Å²) in [5, 5.41) is 3.10. The molecular weight excluding hydrogens is 204 g/mol. The summed E-state index contributed by atoms with van der Waals surface area (Å²) in [5.41, 5.74) is -0.767. The summed E-state index contributed by atoms with van der Waals surface area (Å²) in [7, 11) is 0. The molecule has 0 saturated carbocycles. The molecular formula is C9H17ClN2O2. The van der Waals surface area contributed by atoms with Gasteiger partial charge in [0.25, 0.3) is 0 Å². The van der Waals surface area contributed by atoms with Crippen LogP contribution in [0.25, 0.3) is 0 Å². The first kappa shape index (κ1) is 11.6. The Labute approximate surface area is 89.5 Å². The molecule has 0 unspecified atom stereocenters. The Morgan fingerprint density at radius 2 is 2.21 bits per heavy atom. The van der Waals surface area contributed by atoms with E-state index in [4.69, 9.17) is 16.3 Å². The van der Waals surface area contributed by atoms with Gasteiger partial charge in [0.05, 0.1) is 0 Å². The normalized spacial score (nSPS) is 23.4. The van der Waals surface area contributed by atoms with Crippen molar-refractivity contribution in [2.45, 2.75) is 31.9 Å². The lowest BCUT2D eigenvalue weighted by Gasteiger charge is -2.33. The highest BCUT2D eigenvalue weighted by Gasteiger charge is 2.28. The summed E-state index contributed by atoms with van der Waals surface area (Å²) >= 11 is 5.97. The molecule has 0 spiro atoms. The lowest BCUT2D eigenvalue weighted by atomic mass is 10.2. The number of ether oxygens (including phenoxy) is 1. The Balaban J connectivity index is 2.50. The molecule has 1 aliphatic heterocycles. The SMILES string of the molecule is CC(C)(C)OC(=O)N1CCNC[C@H]1Cl. The predicted molar refractivity (Wildman–Crippen MR) is 55.5 cm³/mol. The van der Waals surface area contributed by atoms with Gasteiger partial charge >= 0.3 is 6.09 Å². The van der Waals surface area contributed by atoms with Gasteiger partial charge in [-0.1, -0.05) is 11.6 Å². The minimum atomic E-state index is -0.460. The van der Waals surface area contributed by atoms with Gasteiger partial charge in [0.15, 0.2) is 0 Å². The van der Waals surface area contributed by atoms with E-state index in [0.29, 0.717) is 13.1 Å². The number of nitrogens with zero attached hydrogens (tertiary/aromatic N) is 1. The molecule has 1 saturated heterocycles. The Bertz CT molecular complexity index is 215. The zero-order chi connectivity index (χ0) is 10.8. The molecule has 1 rings (SSSR count). The highest BCUT2D eigenvalue weighted by molar-refractivity contribution is 6.21. The molecule has 0 bridgehead atoms. The van der Waals surface area contributed by atoms with Crippen molar-refractivity contribution in [1.82, 2.24) is 10.2 Å². The van der Waals surface area contributed by atoms with Crippen LogP contribution in [0.3, 0.4) is 0 Å². The summed E-state index contributed by atoms with van der Waals surface area (Å²) < 4.78 is 5.22. The second-order valence-electron chi connectivity index (χ2n) is 4.31. The van der Waals surface area contributed by atoms with Crippen LogP contribution in [0.5, 0.6) is 0 Å². The maximum atomic E-state index is 11.6. The third-order valence-corrected chi connectivity index (χ3v) is 2.20. The summed E-state index contributed by atoms with van der Waals surface area (Å²) in [6.07, 6.45) is -0.334. The minimum absolute atomic E-state index is 0.307. The molecule has 0 aromatic carbocycles. The second-order valence-corrected chi connectivity index (χ2v) is 4.82. The molecule has 1 aliphatic rings. The van der Waals surface area contributed by atoms with Gasteiger partial charge in [-0.3, -0.25) is 4.90 Å². The summed E-state index contributed by atoms with van der Waals surface area (Å²) in [4.78, 5) is 13.2. The minimum Gasteiger partial charge on any atom is -0.444 e. The third kappa shape index (κ3) is 3.35. The standard InChI is InChI=1S/C9H17ClN2O2/c1-9(2,3)14-8(13)12-5-4-11-6-7(12)10/h7,11H,4-6H2,1-3H3/t7-/m0/s1. The zero-order valence-electron chi connectivity index (χ0n) is 8.84. The van der Waals surface area contributed by atoms with Gasteiger partial charge in [-0.15, -0.1) is 0 Å². The smallest absolute Gasteiger partial charge is 0.411 e. The monoisotopic (exact) mass is 220 g/mol. The van der Waals surface area contributed by atoms with Crippen LogP contribution in [0.4, 0.5) is 4.79 Å². The number of rotatable bonds is 0. The number of hydrogen-bond acceptors (Lipinski definition) is 3. The van der Waals surface area contributed by atoms with E-state index < -0.39 is 5.60 Å². The number of alkyl halides is 1. The first-order chi connectivity index (χ1) is 6.40. The van der Waals surface area contributed by atoms with Crippen LogP contribution in [-0.2, 0) is 4.74 Å². The number of halogens is 1. The fourth-order valence-electron chi connectivity index (χ4n) is 1.20. The number of carbonyl (C=O) groups excluding carboxylic acids is 1. The third-order valence-electron chi connectivity index (χ3n) is 1.81. The van der Waals surface area contributed by atoms with Crippen LogP contribution >= 0.6 is 11.6 Å². The van der Waals surface area contributed by atoms with Crippen molar-refractivity contribution in [3.8, 4) is 0 Å². The van der Waals surface area contributed by atoms with Gasteiger partial charge in [0.2, 0.25) is 0 Å². The van der Waals surface area contributed by atoms with Gasteiger partial charge < -0.3 is 10.1 Å². The zero-order valence-corrected chi connectivity index (χ0v) is 9.60. The molecule has 1 N–H and O–H groups in total. The molecule has 1 heterocycles. The lowest BCUT2D eigenvalue weighted by Crippen LogP contribution is -2.52. The molecule has 1 atom stereocenters. The number of piperazine rings is 1. The first-order valence-corrected chi connectivity index (χ1v) is 5.18. The van der Waals surface area contributed by atoms with E-state index in [2.05, 4.69) is 5.32 Å². The van der Waals surface area contributed by atoms with E-state index in [9.17, 15) is 4.79 Å². The van der Waals surface area contributed by atoms with Crippen LogP contribution in [0, 0.1) is 0 Å². The summed E-state index contributed by atoms with van der Waals surface area (Å²) in [6, 6.07) is 0. The number of nitrogens with one attached hydrogen (secondary N) is 1. The molecule has 82 valence electrons. The molecule has 1 fully saturated rings. The van der Waals surface area contributed by atoms with Crippen molar-refractivity contribution in [3.05, 3.63) is 0 Å². The highest BCUT2D eigenvalue weighted by Crippen LogP contribution is 2.14. The van der Waals surface area contributed by atoms with E-state index in [0.717, 1.165) is 6.54 Å². The van der Waals surface area contributed by atoms with E-state index in [1.165, 1.54) is 0 Å². The molecule has 0 aromatic rings. The Morgan fingerprint density at radius 1 is 1.57 bits per heavy atom. The van der Waals surface area contributed by atoms with Crippen LogP contribution in [0.1, 0.15) is 20.8 Å². The van der Waals surface area contributed by atoms with Crippen molar-refractivity contribution in [2.75, 3.05) is 19.6 Å². The van der Waals surface area contributed by atoms with Gasteiger partial charge in [-0.25, -0.2) is 4.79 Å². The molecule has 5 heteroatoms. The van der Waals surface area contributed by atoms with Crippen molar-refractivity contribution >= 4 is 17.7 Å². The number of amides is 1. The molecule has 0 aliphatic carbocycles. The maximum Gasteiger partial charge on any atom is 0.411 e. The van der Waals surface area contributed by atoms with Crippen LogP contribution in [-0.4, -0.2) is 41.7 Å². The molecule has 14 heavy (non-hydrogen) atoms. The van der Waals surface area contributed by atoms with Crippen molar-refractivity contribution in [1.29, 1.82) is 0 Å². The van der Waals surface area contributed by atoms with E-state index >= 15 is 0 Å². The van der Waals surface area contributed by atoms with Crippen LogP contribution in [0.2, 0.25) is 0 Å². The fourth-order valence-corrected chi connectivity index (χ4v) is 1.48. The Hall–Kier alpha value is -0.480. The Morgan fingerprint density at radius 3 is 2.71 bits per heavy atom. The van der Waals surface area contributed by atoms with E-state index in [1.54, 1.807) is 4.90 Å². The van der Waals surface area contributed by atoms with E-state index in [-0.39, 0.29) is 11.6 Å². The largest absolute Gasteiger partial charge is 0.444 e. The van der Waals surface area contributed by atoms with Crippen LogP contribution < -0.4 is 5.32 Å². The maximum absolute atomic E-state index is 11.6. The average molecular weight is 221 g/mol. The van der Waals surface area contributed by atoms with Crippen molar-refractivity contribution < 1.29 is 9.53 Å². The van der Waals surface area contributed by atoms with Crippen molar-refractivity contribution in [2.24, 2.45) is 0 Å². The number of hydrogen-bond donors (Lipinski definition) is 1. The first-order valence-electron chi connectivity index (χ1n) is 4.74. The number of carbonyl (C=O) groups is 1. The summed E-state index contributed by atoms with van der Waals surface area (Å²) in [6.45, 7) is 7.51. The van der Waals surface area contributed by atoms with Gasteiger partial charge in [0.1, 0.15) is 11.1 Å². The lowest BCUT2D eigenvalue weighted by molar-refractivity contribution is 0.0195. The second kappa shape index (κ2) is 4.36. The summed E-state index contributed by atoms with van der Waals surface area (Å²) in [5.74, 6) is 0. The quantitative estimate of drug-likeness (QED) is 0.496. The topological polar surface area (TPSA) is 41.6 Å². The Kier molecular flexibility index (Phi) is 3.61. The fraction of sp³-hybridized carbons (Fsp3) is 0.889. The molecule has 1 amide bonds. The molecule has 4 nitrogen and oxygen atoms in total. The highest BCUT2D eigenvalue weighted by atomic mass is 35.5. The van der Waals surface area contributed by atoms with Gasteiger partial charge in [-0.05, 0) is 20.8 Å². The predicted octanol–water partition coefficient (Wildman–Crippen LogP) is 1.39. The average Bonchev–Trinajstić information content (AvgIpc) is 2.01. The van der Waals surface area contributed by atoms with Gasteiger partial charge in [0, 0.05) is 19.6 Å². The van der Waals surface area contributed by atoms with Crippen molar-refractivity contribution in [3.63, 3.8) is 0 Å². The van der Waals surface area contributed by atoms with Gasteiger partial charge in [-0.2, -0.15) is 0 Å². The molecule has 0 radical (unpaired) electrons. The van der Waals surface area contributed by atoms with E-state index in [1.807, 2.05) is 20.8 Å². The molecule has 0 aromatic heterocycles.